The molecular weight excluding hydrogens is 481 g/mol. The second kappa shape index (κ2) is 9.22. The van der Waals surface area contributed by atoms with Crippen LogP contribution in [0.2, 0.25) is 0 Å². The summed E-state index contributed by atoms with van der Waals surface area (Å²) in [6.07, 6.45) is -4.76. The van der Waals surface area contributed by atoms with Crippen LogP contribution in [-0.4, -0.2) is 24.0 Å². The zero-order valence-electron chi connectivity index (χ0n) is 14.1. The van der Waals surface area contributed by atoms with Gasteiger partial charge in [-0.2, -0.15) is 0 Å². The minimum Gasteiger partial charge on any atom is -0.406 e. The number of halogens is 5. The highest BCUT2D eigenvalue weighted by molar-refractivity contribution is 14.0. The normalized spacial score (nSPS) is 14.1. The molecule has 0 amide bonds. The molecule has 4 N–H and O–H groups in total. The summed E-state index contributed by atoms with van der Waals surface area (Å²) in [7, 11) is 0. The number of guanidine groups is 1. The molecular formula is C17H18F4IN3O2. The Morgan fingerprint density at radius 3 is 2.19 bits per heavy atom. The lowest BCUT2D eigenvalue weighted by Crippen LogP contribution is -2.29. The molecule has 1 unspecified atom stereocenters. The molecule has 0 bridgehead atoms. The van der Waals surface area contributed by atoms with Crippen molar-refractivity contribution < 1.29 is 27.4 Å². The number of benzene rings is 2. The van der Waals surface area contributed by atoms with Crippen molar-refractivity contribution in [2.75, 3.05) is 11.9 Å². The topological polar surface area (TPSA) is 79.9 Å². The van der Waals surface area contributed by atoms with Gasteiger partial charge < -0.3 is 20.9 Å². The van der Waals surface area contributed by atoms with Crippen LogP contribution in [0.1, 0.15) is 12.5 Å². The molecule has 10 heteroatoms. The highest BCUT2D eigenvalue weighted by Gasteiger charge is 2.31. The summed E-state index contributed by atoms with van der Waals surface area (Å²) >= 11 is 0. The molecule has 0 fully saturated rings. The number of hydrogen-bond donors (Lipinski definition) is 3. The Hall–Kier alpha value is -2.08. The first-order valence-electron chi connectivity index (χ1n) is 7.46. The van der Waals surface area contributed by atoms with E-state index in [-0.39, 0.29) is 42.2 Å². The van der Waals surface area contributed by atoms with Crippen LogP contribution >= 0.6 is 24.0 Å². The molecule has 2 aromatic rings. The van der Waals surface area contributed by atoms with E-state index < -0.39 is 17.8 Å². The Bertz CT molecular complexity index is 763. The van der Waals surface area contributed by atoms with Gasteiger partial charge in [-0.15, -0.1) is 37.1 Å². The maximum Gasteiger partial charge on any atom is 0.573 e. The lowest BCUT2D eigenvalue weighted by Gasteiger charge is -2.22. The summed E-state index contributed by atoms with van der Waals surface area (Å²) in [5.41, 5.74) is 5.19. The van der Waals surface area contributed by atoms with Gasteiger partial charge in [0.25, 0.3) is 0 Å². The van der Waals surface area contributed by atoms with Crippen LogP contribution in [0.4, 0.5) is 23.2 Å². The van der Waals surface area contributed by atoms with Gasteiger partial charge in [0.15, 0.2) is 5.96 Å². The number of rotatable bonds is 5. The SMILES string of the molecule is CC(O)(CN=C(N)Nc1ccc(OC(F)(F)F)cc1)c1ccc(F)cc1.I. The van der Waals surface area contributed by atoms with Crippen molar-refractivity contribution in [2.45, 2.75) is 18.9 Å². The number of ether oxygens (including phenoxy) is 1. The Kier molecular flexibility index (Phi) is 7.84. The van der Waals surface area contributed by atoms with E-state index in [9.17, 15) is 22.7 Å². The number of nitrogens with one attached hydrogen (secondary N) is 1. The van der Waals surface area contributed by atoms with Crippen molar-refractivity contribution in [2.24, 2.45) is 10.7 Å². The van der Waals surface area contributed by atoms with Gasteiger partial charge in [-0.25, -0.2) is 9.38 Å². The largest absolute Gasteiger partial charge is 0.573 e. The summed E-state index contributed by atoms with van der Waals surface area (Å²) in [4.78, 5) is 4.00. The van der Waals surface area contributed by atoms with E-state index in [1.807, 2.05) is 0 Å². The average molecular weight is 499 g/mol. The molecule has 0 heterocycles. The minimum atomic E-state index is -4.76. The molecule has 2 rings (SSSR count). The van der Waals surface area contributed by atoms with Gasteiger partial charge in [-0.1, -0.05) is 12.1 Å². The summed E-state index contributed by atoms with van der Waals surface area (Å²) in [6, 6.07) is 10.2. The van der Waals surface area contributed by atoms with Crippen LogP contribution < -0.4 is 15.8 Å². The number of nitrogens with zero attached hydrogens (tertiary/aromatic N) is 1. The highest BCUT2D eigenvalue weighted by Crippen LogP contribution is 2.24. The molecule has 2 aromatic carbocycles. The summed E-state index contributed by atoms with van der Waals surface area (Å²) in [5, 5.41) is 13.1. The molecule has 0 aliphatic heterocycles. The summed E-state index contributed by atoms with van der Waals surface area (Å²) < 4.78 is 53.0. The number of aliphatic hydroxyl groups is 1. The molecule has 0 radical (unpaired) electrons. The molecule has 148 valence electrons. The first kappa shape index (κ1) is 23.0. The van der Waals surface area contributed by atoms with Gasteiger partial charge >= 0.3 is 6.36 Å². The van der Waals surface area contributed by atoms with E-state index in [4.69, 9.17) is 5.73 Å². The van der Waals surface area contributed by atoms with E-state index in [0.717, 1.165) is 12.1 Å². The third-order valence-electron chi connectivity index (χ3n) is 3.38. The minimum absolute atomic E-state index is 0. The fraction of sp³-hybridized carbons (Fsp3) is 0.235. The van der Waals surface area contributed by atoms with Crippen LogP contribution in [-0.2, 0) is 5.60 Å². The number of anilines is 1. The second-order valence-electron chi connectivity index (χ2n) is 5.68. The number of nitrogens with two attached hydrogens (primary N) is 1. The molecule has 0 saturated carbocycles. The zero-order chi connectivity index (χ0) is 19.4. The summed E-state index contributed by atoms with van der Waals surface area (Å²) in [5.74, 6) is -0.832. The van der Waals surface area contributed by atoms with Crippen LogP contribution in [0.15, 0.2) is 53.5 Å². The fourth-order valence-corrected chi connectivity index (χ4v) is 2.07. The lowest BCUT2D eigenvalue weighted by atomic mass is 9.96. The lowest BCUT2D eigenvalue weighted by molar-refractivity contribution is -0.274. The van der Waals surface area contributed by atoms with E-state index in [0.29, 0.717) is 11.3 Å². The number of aliphatic imine (C=N–C) groups is 1. The maximum atomic E-state index is 12.9. The standard InChI is InChI=1S/C17H17F4N3O2.HI/c1-16(25,11-2-4-12(18)5-3-11)10-23-15(22)24-13-6-8-14(9-7-13)26-17(19,20)21;/h2-9,25H,10H2,1H3,(H3,22,23,24);1H. The second-order valence-corrected chi connectivity index (χ2v) is 5.68. The van der Waals surface area contributed by atoms with Crippen molar-refractivity contribution in [3.63, 3.8) is 0 Å². The van der Waals surface area contributed by atoms with E-state index in [1.54, 1.807) is 0 Å². The quantitative estimate of drug-likeness (QED) is 0.252. The van der Waals surface area contributed by atoms with Crippen molar-refractivity contribution in [3.05, 3.63) is 59.9 Å². The van der Waals surface area contributed by atoms with E-state index in [1.165, 1.54) is 43.3 Å². The Balaban J connectivity index is 0.00000364. The predicted molar refractivity (Wildman–Crippen MR) is 105 cm³/mol. The smallest absolute Gasteiger partial charge is 0.406 e. The first-order chi connectivity index (χ1) is 12.0. The van der Waals surface area contributed by atoms with Gasteiger partial charge in [0, 0.05) is 5.69 Å². The molecule has 27 heavy (non-hydrogen) atoms. The first-order valence-corrected chi connectivity index (χ1v) is 7.46. The fourth-order valence-electron chi connectivity index (χ4n) is 2.07. The van der Waals surface area contributed by atoms with Gasteiger partial charge in [-0.3, -0.25) is 0 Å². The van der Waals surface area contributed by atoms with Crippen LogP contribution in [0, 0.1) is 5.82 Å². The third kappa shape index (κ3) is 7.59. The van der Waals surface area contributed by atoms with Crippen molar-refractivity contribution >= 4 is 35.6 Å². The van der Waals surface area contributed by atoms with Gasteiger partial charge in [0.05, 0.1) is 6.54 Å². The molecule has 0 spiro atoms. The maximum absolute atomic E-state index is 12.9. The molecule has 5 nitrogen and oxygen atoms in total. The predicted octanol–water partition coefficient (Wildman–Crippen LogP) is 3.98. The van der Waals surface area contributed by atoms with Crippen LogP contribution in [0.25, 0.3) is 0 Å². The van der Waals surface area contributed by atoms with Crippen molar-refractivity contribution in [3.8, 4) is 5.75 Å². The van der Waals surface area contributed by atoms with Gasteiger partial charge in [-0.05, 0) is 48.9 Å². The number of alkyl halides is 3. The Labute approximate surface area is 170 Å². The Morgan fingerprint density at radius 1 is 1.11 bits per heavy atom. The zero-order valence-corrected chi connectivity index (χ0v) is 16.5. The highest BCUT2D eigenvalue weighted by atomic mass is 127. The monoisotopic (exact) mass is 499 g/mol. The van der Waals surface area contributed by atoms with Crippen LogP contribution in [0.3, 0.4) is 0 Å². The van der Waals surface area contributed by atoms with Crippen LogP contribution in [0.5, 0.6) is 5.75 Å². The average Bonchev–Trinajstić information content (AvgIpc) is 2.54. The van der Waals surface area contributed by atoms with Crippen molar-refractivity contribution in [1.29, 1.82) is 0 Å². The Morgan fingerprint density at radius 2 is 1.67 bits per heavy atom. The molecule has 0 aromatic heterocycles. The van der Waals surface area contributed by atoms with Gasteiger partial charge in [0.1, 0.15) is 17.2 Å². The molecule has 0 aliphatic rings. The van der Waals surface area contributed by atoms with Crippen molar-refractivity contribution in [1.82, 2.24) is 0 Å². The third-order valence-corrected chi connectivity index (χ3v) is 3.38. The van der Waals surface area contributed by atoms with Gasteiger partial charge in [0.2, 0.25) is 0 Å². The molecule has 1 atom stereocenters. The molecule has 0 aliphatic carbocycles. The van der Waals surface area contributed by atoms with E-state index >= 15 is 0 Å². The molecule has 0 saturated heterocycles. The number of hydrogen-bond acceptors (Lipinski definition) is 3. The van der Waals surface area contributed by atoms with E-state index in [2.05, 4.69) is 15.0 Å². The summed E-state index contributed by atoms with van der Waals surface area (Å²) in [6.45, 7) is 1.40.